The summed E-state index contributed by atoms with van der Waals surface area (Å²) in [6, 6.07) is 0. The number of thioether (sulfide) groups is 1. The lowest BCUT2D eigenvalue weighted by Gasteiger charge is -2.21. The summed E-state index contributed by atoms with van der Waals surface area (Å²) in [5.41, 5.74) is 6.02. The van der Waals surface area contributed by atoms with E-state index in [9.17, 15) is 0 Å². The topological polar surface area (TPSA) is 26.0 Å². The lowest BCUT2D eigenvalue weighted by Crippen LogP contribution is -2.40. The molecule has 0 aliphatic carbocycles. The molecule has 0 aromatic heterocycles. The van der Waals surface area contributed by atoms with Crippen molar-refractivity contribution in [2.75, 3.05) is 5.75 Å². The van der Waals surface area contributed by atoms with Gasteiger partial charge in [-0.1, -0.05) is 6.92 Å². The Hall–Kier alpha value is 0.310. The molecule has 2 atom stereocenters. The molecule has 0 amide bonds. The summed E-state index contributed by atoms with van der Waals surface area (Å²) in [5.74, 6) is 1.24. The molecule has 2 heteroatoms. The molecule has 1 nitrogen and oxygen atoms in total. The molecule has 1 rings (SSSR count). The van der Waals surface area contributed by atoms with E-state index in [4.69, 9.17) is 5.73 Å². The van der Waals surface area contributed by atoms with Crippen LogP contribution in [0.3, 0.4) is 0 Å². The Labute approximate surface area is 55.0 Å². The average molecular weight is 131 g/mol. The van der Waals surface area contributed by atoms with E-state index in [2.05, 4.69) is 13.8 Å². The van der Waals surface area contributed by atoms with Crippen LogP contribution in [0.25, 0.3) is 0 Å². The van der Waals surface area contributed by atoms with Crippen LogP contribution >= 0.6 is 11.8 Å². The van der Waals surface area contributed by atoms with Gasteiger partial charge in [0.05, 0.1) is 0 Å². The molecule has 48 valence electrons. The van der Waals surface area contributed by atoms with Crippen molar-refractivity contribution in [3.8, 4) is 0 Å². The van der Waals surface area contributed by atoms with Crippen LogP contribution in [-0.2, 0) is 0 Å². The van der Waals surface area contributed by atoms with Gasteiger partial charge in [-0.05, 0) is 19.1 Å². The molecular weight excluding hydrogens is 118 g/mol. The van der Waals surface area contributed by atoms with Gasteiger partial charge in [0.1, 0.15) is 0 Å². The monoisotopic (exact) mass is 131 g/mol. The van der Waals surface area contributed by atoms with E-state index in [1.165, 1.54) is 12.2 Å². The maximum Gasteiger partial charge on any atom is 0.0251 e. The second-order valence-electron chi connectivity index (χ2n) is 2.77. The maximum atomic E-state index is 5.90. The van der Waals surface area contributed by atoms with Gasteiger partial charge in [-0.2, -0.15) is 11.8 Å². The smallest absolute Gasteiger partial charge is 0.0251 e. The highest BCUT2D eigenvalue weighted by molar-refractivity contribution is 8.00. The fourth-order valence-corrected chi connectivity index (χ4v) is 2.26. The van der Waals surface area contributed by atoms with E-state index >= 15 is 0 Å². The number of rotatable bonds is 0. The van der Waals surface area contributed by atoms with Crippen LogP contribution in [0.5, 0.6) is 0 Å². The lowest BCUT2D eigenvalue weighted by molar-refractivity contribution is 0.473. The van der Waals surface area contributed by atoms with Crippen molar-refractivity contribution >= 4 is 11.8 Å². The van der Waals surface area contributed by atoms with Crippen molar-refractivity contribution in [3.63, 3.8) is 0 Å². The quantitative estimate of drug-likeness (QED) is 0.535. The highest BCUT2D eigenvalue weighted by Crippen LogP contribution is 2.32. The SMILES string of the molecule is CC1SCCC1(C)N. The van der Waals surface area contributed by atoms with Gasteiger partial charge in [0.2, 0.25) is 0 Å². The molecule has 0 saturated carbocycles. The Morgan fingerprint density at radius 2 is 2.38 bits per heavy atom. The molecule has 0 radical (unpaired) electrons. The second kappa shape index (κ2) is 1.92. The molecule has 1 saturated heterocycles. The van der Waals surface area contributed by atoms with Crippen LogP contribution in [0.2, 0.25) is 0 Å². The lowest BCUT2D eigenvalue weighted by atomic mass is 9.97. The van der Waals surface area contributed by atoms with Crippen LogP contribution in [0.4, 0.5) is 0 Å². The van der Waals surface area contributed by atoms with E-state index in [0.717, 1.165) is 0 Å². The fourth-order valence-electron chi connectivity index (χ4n) is 0.849. The van der Waals surface area contributed by atoms with Crippen molar-refractivity contribution in [1.29, 1.82) is 0 Å². The van der Waals surface area contributed by atoms with Gasteiger partial charge in [0, 0.05) is 10.8 Å². The van der Waals surface area contributed by atoms with Gasteiger partial charge in [0.15, 0.2) is 0 Å². The highest BCUT2D eigenvalue weighted by Gasteiger charge is 2.31. The summed E-state index contributed by atoms with van der Waals surface area (Å²) in [4.78, 5) is 0. The Balaban J connectivity index is 2.54. The minimum Gasteiger partial charge on any atom is -0.324 e. The molecule has 0 aromatic carbocycles. The summed E-state index contributed by atoms with van der Waals surface area (Å²) in [7, 11) is 0. The van der Waals surface area contributed by atoms with Crippen molar-refractivity contribution in [1.82, 2.24) is 0 Å². The standard InChI is InChI=1S/C6H13NS/c1-5-6(2,7)3-4-8-5/h5H,3-4,7H2,1-2H3. The molecule has 2 N–H and O–H groups in total. The van der Waals surface area contributed by atoms with Gasteiger partial charge in [-0.25, -0.2) is 0 Å². The predicted molar refractivity (Wildman–Crippen MR) is 39.1 cm³/mol. The zero-order valence-electron chi connectivity index (χ0n) is 5.48. The molecule has 0 aromatic rings. The van der Waals surface area contributed by atoms with Gasteiger partial charge in [-0.3, -0.25) is 0 Å². The normalized spacial score (nSPS) is 47.6. The number of hydrogen-bond donors (Lipinski definition) is 1. The second-order valence-corrected chi connectivity index (χ2v) is 4.22. The van der Waals surface area contributed by atoms with Crippen molar-refractivity contribution in [3.05, 3.63) is 0 Å². The average Bonchev–Trinajstić information content (AvgIpc) is 1.86. The summed E-state index contributed by atoms with van der Waals surface area (Å²) >= 11 is 1.98. The summed E-state index contributed by atoms with van der Waals surface area (Å²) in [6.07, 6.45) is 1.18. The first-order valence-electron chi connectivity index (χ1n) is 3.03. The van der Waals surface area contributed by atoms with Gasteiger partial charge >= 0.3 is 0 Å². The fraction of sp³-hybridized carbons (Fsp3) is 1.00. The third kappa shape index (κ3) is 1.00. The first-order valence-corrected chi connectivity index (χ1v) is 4.08. The van der Waals surface area contributed by atoms with E-state index in [1.807, 2.05) is 11.8 Å². The van der Waals surface area contributed by atoms with E-state index in [1.54, 1.807) is 0 Å². The highest BCUT2D eigenvalue weighted by atomic mass is 32.2. The summed E-state index contributed by atoms with van der Waals surface area (Å²) < 4.78 is 0. The molecule has 1 aliphatic rings. The van der Waals surface area contributed by atoms with E-state index in [-0.39, 0.29) is 5.54 Å². The Morgan fingerprint density at radius 3 is 2.50 bits per heavy atom. The van der Waals surface area contributed by atoms with Crippen molar-refractivity contribution in [2.45, 2.75) is 31.1 Å². The molecular formula is C6H13NS. The van der Waals surface area contributed by atoms with E-state index < -0.39 is 0 Å². The molecule has 0 spiro atoms. The molecule has 2 unspecified atom stereocenters. The minimum absolute atomic E-state index is 0.116. The Morgan fingerprint density at radius 1 is 1.75 bits per heavy atom. The van der Waals surface area contributed by atoms with Crippen LogP contribution in [0, 0.1) is 0 Å². The van der Waals surface area contributed by atoms with Crippen molar-refractivity contribution < 1.29 is 0 Å². The minimum atomic E-state index is 0.116. The van der Waals surface area contributed by atoms with Gasteiger partial charge in [0.25, 0.3) is 0 Å². The zero-order chi connectivity index (χ0) is 6.20. The molecule has 8 heavy (non-hydrogen) atoms. The molecule has 1 heterocycles. The zero-order valence-corrected chi connectivity index (χ0v) is 6.29. The van der Waals surface area contributed by atoms with Crippen LogP contribution in [-0.4, -0.2) is 16.5 Å². The first kappa shape index (κ1) is 6.43. The van der Waals surface area contributed by atoms with Crippen LogP contribution < -0.4 is 5.73 Å². The largest absolute Gasteiger partial charge is 0.324 e. The van der Waals surface area contributed by atoms with Crippen molar-refractivity contribution in [2.24, 2.45) is 5.73 Å². The van der Waals surface area contributed by atoms with Crippen LogP contribution in [0.1, 0.15) is 20.3 Å². The third-order valence-electron chi connectivity index (χ3n) is 1.94. The summed E-state index contributed by atoms with van der Waals surface area (Å²) in [6.45, 7) is 4.34. The number of nitrogens with two attached hydrogens (primary N) is 1. The predicted octanol–water partition coefficient (Wildman–Crippen LogP) is 1.23. The Bertz CT molecular complexity index is 90.5. The molecule has 0 bridgehead atoms. The Kier molecular flexibility index (Phi) is 1.54. The summed E-state index contributed by atoms with van der Waals surface area (Å²) in [5, 5.41) is 0.655. The third-order valence-corrected chi connectivity index (χ3v) is 3.42. The van der Waals surface area contributed by atoms with Gasteiger partial charge < -0.3 is 5.73 Å². The first-order chi connectivity index (χ1) is 3.63. The molecule has 1 fully saturated rings. The maximum absolute atomic E-state index is 5.90. The van der Waals surface area contributed by atoms with Crippen LogP contribution in [0.15, 0.2) is 0 Å². The number of hydrogen-bond acceptors (Lipinski definition) is 2. The van der Waals surface area contributed by atoms with Gasteiger partial charge in [-0.15, -0.1) is 0 Å². The molecule has 1 aliphatic heterocycles. The van der Waals surface area contributed by atoms with E-state index in [0.29, 0.717) is 5.25 Å².